The third-order valence-corrected chi connectivity index (χ3v) is 3.55. The highest BCUT2D eigenvalue weighted by molar-refractivity contribution is 7.89. The van der Waals surface area contributed by atoms with Crippen LogP contribution in [0.25, 0.3) is 0 Å². The predicted octanol–water partition coefficient (Wildman–Crippen LogP) is 0.220. The topological polar surface area (TPSA) is 87.2 Å². The summed E-state index contributed by atoms with van der Waals surface area (Å²) in [6.45, 7) is 1.01. The molecule has 0 radical (unpaired) electrons. The number of nitrogens with zero attached hydrogens (tertiary/aromatic N) is 2. The standard InChI is InChI=1S/C10H11N3O2S/c11-4-6-13-5-3-8-1-2-9(7-10(8)13)16(12,14)15/h1-2,7H,3,5-6H2,(H2,12,14,15). The molecule has 0 fully saturated rings. The highest BCUT2D eigenvalue weighted by Gasteiger charge is 2.20. The van der Waals surface area contributed by atoms with E-state index in [1.807, 2.05) is 4.90 Å². The fourth-order valence-electron chi connectivity index (χ4n) is 1.85. The molecule has 0 atom stereocenters. The molecular formula is C10H11N3O2S. The lowest BCUT2D eigenvalue weighted by atomic mass is 10.2. The Bertz CT molecular complexity index is 560. The molecule has 6 heteroatoms. The van der Waals surface area contributed by atoms with Crippen molar-refractivity contribution in [2.24, 2.45) is 5.14 Å². The second-order valence-corrected chi connectivity index (χ2v) is 5.23. The van der Waals surface area contributed by atoms with Crippen LogP contribution in [0.2, 0.25) is 0 Å². The first-order chi connectivity index (χ1) is 7.52. The molecule has 0 saturated heterocycles. The number of anilines is 1. The zero-order valence-electron chi connectivity index (χ0n) is 8.55. The van der Waals surface area contributed by atoms with Crippen LogP contribution in [0.3, 0.4) is 0 Å². The molecule has 0 unspecified atom stereocenters. The smallest absolute Gasteiger partial charge is 0.238 e. The van der Waals surface area contributed by atoms with Gasteiger partial charge in [0.05, 0.1) is 11.0 Å². The van der Waals surface area contributed by atoms with Crippen LogP contribution in [-0.2, 0) is 16.4 Å². The molecular weight excluding hydrogens is 226 g/mol. The summed E-state index contributed by atoms with van der Waals surface area (Å²) in [6.07, 6.45) is 0.835. The molecule has 1 aromatic rings. The van der Waals surface area contributed by atoms with Gasteiger partial charge in [-0.15, -0.1) is 0 Å². The fraction of sp³-hybridized carbons (Fsp3) is 0.300. The minimum Gasteiger partial charge on any atom is -0.358 e. The van der Waals surface area contributed by atoms with Crippen molar-refractivity contribution in [3.63, 3.8) is 0 Å². The van der Waals surface area contributed by atoms with Gasteiger partial charge in [0.1, 0.15) is 6.54 Å². The van der Waals surface area contributed by atoms with Crippen molar-refractivity contribution < 1.29 is 8.42 Å². The first-order valence-corrected chi connectivity index (χ1v) is 6.34. The first-order valence-electron chi connectivity index (χ1n) is 4.80. The van der Waals surface area contributed by atoms with E-state index in [1.54, 1.807) is 6.07 Å². The van der Waals surface area contributed by atoms with Gasteiger partial charge in [-0.2, -0.15) is 5.26 Å². The van der Waals surface area contributed by atoms with Crippen LogP contribution in [0.15, 0.2) is 23.1 Å². The van der Waals surface area contributed by atoms with E-state index in [9.17, 15) is 8.42 Å². The zero-order chi connectivity index (χ0) is 11.8. The fourth-order valence-corrected chi connectivity index (χ4v) is 2.39. The van der Waals surface area contributed by atoms with E-state index >= 15 is 0 Å². The molecule has 5 nitrogen and oxygen atoms in total. The molecule has 0 spiro atoms. The van der Waals surface area contributed by atoms with Crippen molar-refractivity contribution in [3.05, 3.63) is 23.8 Å². The number of nitrogens with two attached hydrogens (primary N) is 1. The summed E-state index contributed by atoms with van der Waals surface area (Å²) in [5, 5.41) is 13.7. The molecule has 1 heterocycles. The number of nitriles is 1. The molecule has 84 valence electrons. The van der Waals surface area contributed by atoms with Crippen molar-refractivity contribution in [1.82, 2.24) is 0 Å². The third-order valence-electron chi connectivity index (χ3n) is 2.64. The quantitative estimate of drug-likeness (QED) is 0.745. The highest BCUT2D eigenvalue weighted by atomic mass is 32.2. The van der Waals surface area contributed by atoms with E-state index < -0.39 is 10.0 Å². The Morgan fingerprint density at radius 3 is 2.88 bits per heavy atom. The number of hydrogen-bond donors (Lipinski definition) is 1. The number of sulfonamides is 1. The van der Waals surface area contributed by atoms with E-state index in [0.29, 0.717) is 0 Å². The molecule has 0 aliphatic carbocycles. The van der Waals surface area contributed by atoms with Gasteiger partial charge in [0.2, 0.25) is 10.0 Å². The Morgan fingerprint density at radius 1 is 1.50 bits per heavy atom. The average Bonchev–Trinajstić information content (AvgIpc) is 2.60. The minimum atomic E-state index is -3.67. The van der Waals surface area contributed by atoms with Gasteiger partial charge < -0.3 is 4.90 Å². The maximum Gasteiger partial charge on any atom is 0.238 e. The Balaban J connectivity index is 2.46. The van der Waals surface area contributed by atoms with Gasteiger partial charge in [-0.3, -0.25) is 0 Å². The average molecular weight is 237 g/mol. The van der Waals surface area contributed by atoms with Crippen LogP contribution in [0, 0.1) is 11.3 Å². The summed E-state index contributed by atoms with van der Waals surface area (Å²) >= 11 is 0. The summed E-state index contributed by atoms with van der Waals surface area (Å²) in [7, 11) is -3.67. The van der Waals surface area contributed by atoms with Gasteiger partial charge in [0.25, 0.3) is 0 Å². The SMILES string of the molecule is N#CCN1CCc2ccc(S(N)(=O)=O)cc21. The molecule has 16 heavy (non-hydrogen) atoms. The summed E-state index contributed by atoms with van der Waals surface area (Å²) in [5.74, 6) is 0. The highest BCUT2D eigenvalue weighted by Crippen LogP contribution is 2.29. The molecule has 2 rings (SSSR count). The van der Waals surface area contributed by atoms with Gasteiger partial charge in [-0.05, 0) is 24.1 Å². The maximum absolute atomic E-state index is 11.2. The summed E-state index contributed by atoms with van der Waals surface area (Å²) in [4.78, 5) is 1.94. The van der Waals surface area contributed by atoms with E-state index in [0.717, 1.165) is 24.2 Å². The molecule has 2 N–H and O–H groups in total. The lowest BCUT2D eigenvalue weighted by Gasteiger charge is -2.15. The molecule has 0 amide bonds. The maximum atomic E-state index is 11.2. The molecule has 0 bridgehead atoms. The van der Waals surface area contributed by atoms with Crippen molar-refractivity contribution in [3.8, 4) is 6.07 Å². The van der Waals surface area contributed by atoms with Gasteiger partial charge >= 0.3 is 0 Å². The Morgan fingerprint density at radius 2 is 2.25 bits per heavy atom. The normalized spacial score (nSPS) is 14.6. The summed E-state index contributed by atoms with van der Waals surface area (Å²) in [5.41, 5.74) is 1.86. The van der Waals surface area contributed by atoms with Crippen LogP contribution in [0.4, 0.5) is 5.69 Å². The van der Waals surface area contributed by atoms with Crippen molar-refractivity contribution in [2.45, 2.75) is 11.3 Å². The Hall–Kier alpha value is -1.58. The lowest BCUT2D eigenvalue weighted by Crippen LogP contribution is -2.21. The van der Waals surface area contributed by atoms with Crippen LogP contribution in [0.1, 0.15) is 5.56 Å². The molecule has 0 saturated carbocycles. The van der Waals surface area contributed by atoms with Crippen LogP contribution in [0.5, 0.6) is 0 Å². The van der Waals surface area contributed by atoms with Gasteiger partial charge in [-0.1, -0.05) is 6.07 Å². The molecule has 0 aromatic heterocycles. The first kappa shape index (κ1) is 10.9. The Labute approximate surface area is 94.1 Å². The van der Waals surface area contributed by atoms with Gasteiger partial charge in [0, 0.05) is 12.2 Å². The largest absolute Gasteiger partial charge is 0.358 e. The summed E-state index contributed by atoms with van der Waals surface area (Å²) in [6, 6.07) is 6.85. The molecule has 1 aliphatic heterocycles. The van der Waals surface area contributed by atoms with E-state index in [-0.39, 0.29) is 11.4 Å². The number of benzene rings is 1. The second kappa shape index (κ2) is 3.77. The molecule has 1 aromatic carbocycles. The van der Waals surface area contributed by atoms with Crippen molar-refractivity contribution >= 4 is 15.7 Å². The van der Waals surface area contributed by atoms with Crippen LogP contribution >= 0.6 is 0 Å². The second-order valence-electron chi connectivity index (χ2n) is 3.67. The predicted molar refractivity (Wildman–Crippen MR) is 59.3 cm³/mol. The van der Waals surface area contributed by atoms with E-state index in [1.165, 1.54) is 12.1 Å². The zero-order valence-corrected chi connectivity index (χ0v) is 9.37. The number of fused-ring (bicyclic) bond motifs is 1. The van der Waals surface area contributed by atoms with E-state index in [4.69, 9.17) is 10.4 Å². The number of primary sulfonamides is 1. The van der Waals surface area contributed by atoms with E-state index in [2.05, 4.69) is 6.07 Å². The van der Waals surface area contributed by atoms with Gasteiger partial charge in [-0.25, -0.2) is 13.6 Å². The summed E-state index contributed by atoms with van der Waals surface area (Å²) < 4.78 is 22.4. The Kier molecular flexibility index (Phi) is 2.58. The van der Waals surface area contributed by atoms with Crippen LogP contribution < -0.4 is 10.0 Å². The number of rotatable bonds is 2. The molecule has 1 aliphatic rings. The number of hydrogen-bond acceptors (Lipinski definition) is 4. The minimum absolute atomic E-state index is 0.0936. The van der Waals surface area contributed by atoms with Crippen molar-refractivity contribution in [2.75, 3.05) is 18.0 Å². The lowest BCUT2D eigenvalue weighted by molar-refractivity contribution is 0.598. The van der Waals surface area contributed by atoms with Crippen molar-refractivity contribution in [1.29, 1.82) is 5.26 Å². The third kappa shape index (κ3) is 1.87. The van der Waals surface area contributed by atoms with Gasteiger partial charge in [0.15, 0.2) is 0 Å². The van der Waals surface area contributed by atoms with Crippen LogP contribution in [-0.4, -0.2) is 21.5 Å². The monoisotopic (exact) mass is 237 g/mol.